The Morgan fingerprint density at radius 1 is 0.964 bits per heavy atom. The summed E-state index contributed by atoms with van der Waals surface area (Å²) >= 11 is 0. The molecule has 0 bridgehead atoms. The van der Waals surface area contributed by atoms with E-state index in [1.807, 2.05) is 31.2 Å². The predicted octanol–water partition coefficient (Wildman–Crippen LogP) is 4.16. The van der Waals surface area contributed by atoms with Crippen molar-refractivity contribution in [3.8, 4) is 5.75 Å². The highest BCUT2D eigenvalue weighted by atomic mass is 16.5. The summed E-state index contributed by atoms with van der Waals surface area (Å²) in [5.74, 6) is -0.0657. The predicted molar refractivity (Wildman–Crippen MR) is 109 cm³/mol. The van der Waals surface area contributed by atoms with Crippen molar-refractivity contribution in [2.45, 2.75) is 13.3 Å². The molecule has 3 rings (SSSR count). The minimum Gasteiger partial charge on any atom is -0.497 e. The largest absolute Gasteiger partial charge is 0.497 e. The summed E-state index contributed by atoms with van der Waals surface area (Å²) in [6, 6.07) is 17.7. The van der Waals surface area contributed by atoms with Gasteiger partial charge in [0.15, 0.2) is 0 Å². The molecule has 6 nitrogen and oxygen atoms in total. The minimum atomic E-state index is -0.406. The number of para-hydroxylation sites is 1. The molecule has 142 valence electrons. The van der Waals surface area contributed by atoms with Gasteiger partial charge in [-0.1, -0.05) is 31.2 Å². The summed E-state index contributed by atoms with van der Waals surface area (Å²) in [4.78, 5) is 29.2. The number of amides is 2. The number of pyridine rings is 1. The number of nitrogens with zero attached hydrogens (tertiary/aromatic N) is 1. The van der Waals surface area contributed by atoms with Gasteiger partial charge >= 0.3 is 0 Å². The van der Waals surface area contributed by atoms with E-state index in [1.165, 1.54) is 12.3 Å². The van der Waals surface area contributed by atoms with Gasteiger partial charge in [0.2, 0.25) is 0 Å². The van der Waals surface area contributed by atoms with Crippen molar-refractivity contribution >= 4 is 23.2 Å². The SMILES string of the molecule is CCc1ccccc1NC(=O)c1ccnc(C(=O)Nc2cccc(OC)c2)c1. The van der Waals surface area contributed by atoms with Gasteiger partial charge in [0.25, 0.3) is 11.8 Å². The lowest BCUT2D eigenvalue weighted by molar-refractivity contribution is 0.102. The molecule has 2 amide bonds. The van der Waals surface area contributed by atoms with E-state index in [0.717, 1.165) is 17.7 Å². The summed E-state index contributed by atoms with van der Waals surface area (Å²) in [6.45, 7) is 2.03. The van der Waals surface area contributed by atoms with E-state index in [1.54, 1.807) is 37.4 Å². The Morgan fingerprint density at radius 3 is 2.57 bits per heavy atom. The number of aryl methyl sites for hydroxylation is 1. The molecule has 0 aliphatic heterocycles. The maximum atomic E-state index is 12.6. The molecule has 0 aliphatic rings. The van der Waals surface area contributed by atoms with Crippen LogP contribution in [0, 0.1) is 0 Å². The van der Waals surface area contributed by atoms with Gasteiger partial charge in [-0.05, 0) is 42.3 Å². The first-order valence-corrected chi connectivity index (χ1v) is 8.91. The molecule has 28 heavy (non-hydrogen) atoms. The Balaban J connectivity index is 1.75. The first kappa shape index (κ1) is 19.1. The normalized spacial score (nSPS) is 10.2. The van der Waals surface area contributed by atoms with Crippen LogP contribution in [-0.2, 0) is 6.42 Å². The van der Waals surface area contributed by atoms with Crippen molar-refractivity contribution in [2.24, 2.45) is 0 Å². The Bertz CT molecular complexity index is 1000. The van der Waals surface area contributed by atoms with Gasteiger partial charge in [-0.2, -0.15) is 0 Å². The van der Waals surface area contributed by atoms with Crippen LogP contribution in [0.3, 0.4) is 0 Å². The lowest BCUT2D eigenvalue weighted by atomic mass is 10.1. The molecule has 1 heterocycles. The van der Waals surface area contributed by atoms with E-state index in [9.17, 15) is 9.59 Å². The van der Waals surface area contributed by atoms with E-state index in [4.69, 9.17) is 4.74 Å². The molecule has 3 aromatic rings. The zero-order valence-corrected chi connectivity index (χ0v) is 15.7. The molecular weight excluding hydrogens is 354 g/mol. The van der Waals surface area contributed by atoms with Crippen LogP contribution in [0.4, 0.5) is 11.4 Å². The van der Waals surface area contributed by atoms with Crippen LogP contribution < -0.4 is 15.4 Å². The van der Waals surface area contributed by atoms with Crippen LogP contribution in [0.25, 0.3) is 0 Å². The molecule has 0 atom stereocenters. The summed E-state index contributed by atoms with van der Waals surface area (Å²) in [5.41, 5.74) is 2.89. The fraction of sp³-hybridized carbons (Fsp3) is 0.136. The van der Waals surface area contributed by atoms with E-state index in [0.29, 0.717) is 17.0 Å². The molecule has 0 unspecified atom stereocenters. The van der Waals surface area contributed by atoms with Gasteiger partial charge in [0.1, 0.15) is 11.4 Å². The number of ether oxygens (including phenoxy) is 1. The number of carbonyl (C=O) groups is 2. The second-order valence-corrected chi connectivity index (χ2v) is 6.08. The van der Waals surface area contributed by atoms with Gasteiger partial charge in [-0.25, -0.2) is 0 Å². The molecule has 0 saturated heterocycles. The van der Waals surface area contributed by atoms with E-state index >= 15 is 0 Å². The zero-order valence-electron chi connectivity index (χ0n) is 15.7. The van der Waals surface area contributed by atoms with Gasteiger partial charge in [0.05, 0.1) is 7.11 Å². The van der Waals surface area contributed by atoms with Gasteiger partial charge in [0, 0.05) is 29.2 Å². The maximum Gasteiger partial charge on any atom is 0.274 e. The molecular formula is C22H21N3O3. The van der Waals surface area contributed by atoms with Gasteiger partial charge in [-0.3, -0.25) is 14.6 Å². The number of methoxy groups -OCH3 is 1. The lowest BCUT2D eigenvalue weighted by Crippen LogP contribution is -2.17. The quantitative estimate of drug-likeness (QED) is 0.678. The third-order valence-electron chi connectivity index (χ3n) is 4.23. The second kappa shape index (κ2) is 8.81. The Labute approximate surface area is 163 Å². The molecule has 2 N–H and O–H groups in total. The molecule has 2 aromatic carbocycles. The molecule has 0 saturated carbocycles. The first-order valence-electron chi connectivity index (χ1n) is 8.91. The lowest BCUT2D eigenvalue weighted by Gasteiger charge is -2.10. The van der Waals surface area contributed by atoms with Crippen molar-refractivity contribution in [1.82, 2.24) is 4.98 Å². The monoisotopic (exact) mass is 375 g/mol. The number of carbonyl (C=O) groups excluding carboxylic acids is 2. The molecule has 0 spiro atoms. The van der Waals surface area contributed by atoms with Gasteiger partial charge < -0.3 is 15.4 Å². The third kappa shape index (κ3) is 4.54. The summed E-state index contributed by atoms with van der Waals surface area (Å²) in [5, 5.41) is 5.65. The highest BCUT2D eigenvalue weighted by Crippen LogP contribution is 2.19. The Kier molecular flexibility index (Phi) is 6.01. The number of nitrogens with one attached hydrogen (secondary N) is 2. The van der Waals surface area contributed by atoms with Crippen LogP contribution >= 0.6 is 0 Å². The topological polar surface area (TPSA) is 80.3 Å². The van der Waals surface area contributed by atoms with Gasteiger partial charge in [-0.15, -0.1) is 0 Å². The maximum absolute atomic E-state index is 12.6. The fourth-order valence-electron chi connectivity index (χ4n) is 2.74. The Hall–Kier alpha value is -3.67. The van der Waals surface area contributed by atoms with E-state index < -0.39 is 5.91 Å². The highest BCUT2D eigenvalue weighted by Gasteiger charge is 2.13. The van der Waals surface area contributed by atoms with Crippen LogP contribution in [0.2, 0.25) is 0 Å². The number of anilines is 2. The Morgan fingerprint density at radius 2 is 1.79 bits per heavy atom. The highest BCUT2D eigenvalue weighted by molar-refractivity contribution is 6.08. The van der Waals surface area contributed by atoms with Crippen LogP contribution in [0.1, 0.15) is 33.3 Å². The zero-order chi connectivity index (χ0) is 19.9. The molecule has 1 aromatic heterocycles. The van der Waals surface area contributed by atoms with E-state index in [-0.39, 0.29) is 11.6 Å². The van der Waals surface area contributed by atoms with Crippen LogP contribution in [-0.4, -0.2) is 23.9 Å². The average molecular weight is 375 g/mol. The smallest absolute Gasteiger partial charge is 0.274 e. The third-order valence-corrected chi connectivity index (χ3v) is 4.23. The summed E-state index contributed by atoms with van der Waals surface area (Å²) in [6.07, 6.45) is 2.25. The summed E-state index contributed by atoms with van der Waals surface area (Å²) in [7, 11) is 1.56. The van der Waals surface area contributed by atoms with Crippen molar-refractivity contribution < 1.29 is 14.3 Å². The van der Waals surface area contributed by atoms with Crippen LogP contribution in [0.5, 0.6) is 5.75 Å². The average Bonchev–Trinajstić information content (AvgIpc) is 2.74. The number of hydrogen-bond acceptors (Lipinski definition) is 4. The number of aromatic nitrogens is 1. The molecule has 0 aliphatic carbocycles. The fourth-order valence-corrected chi connectivity index (χ4v) is 2.74. The molecule has 6 heteroatoms. The number of hydrogen-bond donors (Lipinski definition) is 2. The second-order valence-electron chi connectivity index (χ2n) is 6.08. The van der Waals surface area contributed by atoms with Crippen molar-refractivity contribution in [2.75, 3.05) is 17.7 Å². The number of benzene rings is 2. The number of rotatable bonds is 6. The van der Waals surface area contributed by atoms with Crippen molar-refractivity contribution in [3.05, 3.63) is 83.7 Å². The van der Waals surface area contributed by atoms with E-state index in [2.05, 4.69) is 15.6 Å². The first-order chi connectivity index (χ1) is 13.6. The van der Waals surface area contributed by atoms with Crippen molar-refractivity contribution in [3.63, 3.8) is 0 Å². The summed E-state index contributed by atoms with van der Waals surface area (Å²) < 4.78 is 5.15. The molecule has 0 radical (unpaired) electrons. The van der Waals surface area contributed by atoms with Crippen LogP contribution in [0.15, 0.2) is 66.9 Å². The standard InChI is InChI=1S/C22H21N3O3/c1-3-15-7-4-5-10-19(15)25-21(26)16-11-12-23-20(13-16)22(27)24-17-8-6-9-18(14-17)28-2/h4-14H,3H2,1-2H3,(H,24,27)(H,25,26). The minimum absolute atomic E-state index is 0.152. The van der Waals surface area contributed by atoms with Crippen molar-refractivity contribution in [1.29, 1.82) is 0 Å². The molecule has 0 fully saturated rings.